The summed E-state index contributed by atoms with van der Waals surface area (Å²) in [5.74, 6) is -0.537. The second kappa shape index (κ2) is 5.93. The van der Waals surface area contributed by atoms with Gasteiger partial charge in [-0.05, 0) is 28.1 Å². The molecule has 0 saturated heterocycles. The molecule has 18 heavy (non-hydrogen) atoms. The summed E-state index contributed by atoms with van der Waals surface area (Å²) in [5, 5.41) is 0.196. The van der Waals surface area contributed by atoms with Crippen molar-refractivity contribution in [3.05, 3.63) is 33.3 Å². The molecule has 0 spiro atoms. The maximum Gasteiger partial charge on any atom is 0.390 e. The molecule has 7 heteroatoms. The highest BCUT2D eigenvalue weighted by Crippen LogP contribution is 2.27. The van der Waals surface area contributed by atoms with Crippen LogP contribution in [0.1, 0.15) is 16.8 Å². The van der Waals surface area contributed by atoms with Crippen LogP contribution in [-0.2, 0) is 0 Å². The summed E-state index contributed by atoms with van der Waals surface area (Å²) in [7, 11) is 1.31. The minimum absolute atomic E-state index is 0.177. The smallest absolute Gasteiger partial charge is 0.341 e. The largest absolute Gasteiger partial charge is 0.390 e. The Morgan fingerprint density at radius 1 is 1.44 bits per heavy atom. The molecule has 0 bridgehead atoms. The Bertz CT molecular complexity index is 450. The SMILES string of the molecule is CN(CCC(F)(F)F)C(=O)c1cccc(Br)c1Cl. The zero-order valence-corrected chi connectivity index (χ0v) is 11.7. The van der Waals surface area contributed by atoms with Gasteiger partial charge >= 0.3 is 6.18 Å². The Labute approximate surface area is 116 Å². The number of benzene rings is 1. The van der Waals surface area contributed by atoms with Crippen LogP contribution >= 0.6 is 27.5 Å². The molecule has 1 aromatic carbocycles. The molecule has 0 N–H and O–H groups in total. The van der Waals surface area contributed by atoms with Gasteiger partial charge in [-0.1, -0.05) is 17.7 Å². The monoisotopic (exact) mass is 343 g/mol. The molecule has 100 valence electrons. The zero-order chi connectivity index (χ0) is 13.9. The van der Waals surface area contributed by atoms with Gasteiger partial charge < -0.3 is 4.90 Å². The third kappa shape index (κ3) is 4.17. The molecule has 0 aliphatic carbocycles. The van der Waals surface area contributed by atoms with Gasteiger partial charge in [0.25, 0.3) is 5.91 Å². The van der Waals surface area contributed by atoms with Gasteiger partial charge in [0.2, 0.25) is 0 Å². The van der Waals surface area contributed by atoms with Crippen molar-refractivity contribution in [2.24, 2.45) is 0 Å². The Hall–Kier alpha value is -0.750. The summed E-state index contributed by atoms with van der Waals surface area (Å²) in [6, 6.07) is 4.72. The van der Waals surface area contributed by atoms with Crippen LogP contribution in [0.5, 0.6) is 0 Å². The number of alkyl halides is 3. The summed E-state index contributed by atoms with van der Waals surface area (Å²) in [4.78, 5) is 12.9. The number of hydrogen-bond donors (Lipinski definition) is 0. The Kier molecular flexibility index (Phi) is 5.04. The fourth-order valence-electron chi connectivity index (χ4n) is 1.27. The van der Waals surface area contributed by atoms with Gasteiger partial charge in [0, 0.05) is 18.1 Å². The molecule has 1 rings (SSSR count). The average molecular weight is 345 g/mol. The van der Waals surface area contributed by atoms with Crippen molar-refractivity contribution < 1.29 is 18.0 Å². The third-order valence-corrected chi connectivity index (χ3v) is 3.56. The zero-order valence-electron chi connectivity index (χ0n) is 9.39. The first-order valence-corrected chi connectivity index (χ1v) is 6.15. The van der Waals surface area contributed by atoms with Crippen LogP contribution in [0.4, 0.5) is 13.2 Å². The summed E-state index contributed by atoms with van der Waals surface area (Å²) < 4.78 is 36.7. The fourth-order valence-corrected chi connectivity index (χ4v) is 1.84. The first-order valence-electron chi connectivity index (χ1n) is 4.98. The van der Waals surface area contributed by atoms with Gasteiger partial charge in [0.15, 0.2) is 0 Å². The Balaban J connectivity index is 2.78. The molecule has 1 aromatic rings. The molecule has 1 amide bonds. The van der Waals surface area contributed by atoms with Gasteiger partial charge in [0.05, 0.1) is 17.0 Å². The molecule has 2 nitrogen and oxygen atoms in total. The predicted molar refractivity (Wildman–Crippen MR) is 66.8 cm³/mol. The van der Waals surface area contributed by atoms with E-state index in [-0.39, 0.29) is 10.6 Å². The van der Waals surface area contributed by atoms with Crippen LogP contribution in [-0.4, -0.2) is 30.6 Å². The lowest BCUT2D eigenvalue weighted by Gasteiger charge is -2.19. The number of nitrogens with zero attached hydrogens (tertiary/aromatic N) is 1. The van der Waals surface area contributed by atoms with Crippen molar-refractivity contribution in [1.29, 1.82) is 0 Å². The van der Waals surface area contributed by atoms with E-state index in [1.165, 1.54) is 13.1 Å². The highest BCUT2D eigenvalue weighted by Gasteiger charge is 2.28. The van der Waals surface area contributed by atoms with Gasteiger partial charge in [-0.25, -0.2) is 0 Å². The first kappa shape index (κ1) is 15.3. The summed E-state index contributed by atoms with van der Waals surface area (Å²) in [5.41, 5.74) is 0.177. The molecule has 0 saturated carbocycles. The van der Waals surface area contributed by atoms with Crippen molar-refractivity contribution in [3.63, 3.8) is 0 Å². The Morgan fingerprint density at radius 2 is 2.06 bits per heavy atom. The number of halogens is 5. The normalized spacial score (nSPS) is 11.4. The first-order chi connectivity index (χ1) is 8.22. The van der Waals surface area contributed by atoms with Crippen molar-refractivity contribution in [2.45, 2.75) is 12.6 Å². The van der Waals surface area contributed by atoms with Crippen molar-refractivity contribution in [3.8, 4) is 0 Å². The van der Waals surface area contributed by atoms with Crippen molar-refractivity contribution in [2.75, 3.05) is 13.6 Å². The molecule has 0 aliphatic rings. The lowest BCUT2D eigenvalue weighted by molar-refractivity contribution is -0.136. The Morgan fingerprint density at radius 3 is 2.61 bits per heavy atom. The molecule has 0 unspecified atom stereocenters. The van der Waals surface area contributed by atoms with E-state index >= 15 is 0 Å². The third-order valence-electron chi connectivity index (χ3n) is 2.26. The van der Waals surface area contributed by atoms with Crippen LogP contribution < -0.4 is 0 Å². The molecule has 0 fully saturated rings. The number of rotatable bonds is 3. The van der Waals surface area contributed by atoms with Gasteiger partial charge in [0.1, 0.15) is 0 Å². The van der Waals surface area contributed by atoms with Crippen LogP contribution in [0.15, 0.2) is 22.7 Å². The summed E-state index contributed by atoms with van der Waals surface area (Å²) >= 11 is 9.06. The minimum Gasteiger partial charge on any atom is -0.341 e. The summed E-state index contributed by atoms with van der Waals surface area (Å²) in [6.45, 7) is -0.398. The minimum atomic E-state index is -4.28. The molecular formula is C11H10BrClF3NO. The standard InChI is InChI=1S/C11H10BrClF3NO/c1-17(6-5-11(14,15)16)10(18)7-3-2-4-8(12)9(7)13/h2-4H,5-6H2,1H3. The molecule has 0 heterocycles. The molecular weight excluding hydrogens is 334 g/mol. The van der Waals surface area contributed by atoms with E-state index in [2.05, 4.69) is 15.9 Å². The van der Waals surface area contributed by atoms with Gasteiger partial charge in [-0.15, -0.1) is 0 Å². The average Bonchev–Trinajstić information content (AvgIpc) is 2.28. The second-order valence-corrected chi connectivity index (χ2v) is 4.93. The highest BCUT2D eigenvalue weighted by atomic mass is 79.9. The molecule has 0 aromatic heterocycles. The number of hydrogen-bond acceptors (Lipinski definition) is 1. The van der Waals surface area contributed by atoms with E-state index in [1.54, 1.807) is 12.1 Å². The van der Waals surface area contributed by atoms with Crippen LogP contribution in [0.25, 0.3) is 0 Å². The van der Waals surface area contributed by atoms with E-state index in [1.807, 2.05) is 0 Å². The predicted octanol–water partition coefficient (Wildman–Crippen LogP) is 4.13. The van der Waals surface area contributed by atoms with Crippen LogP contribution in [0, 0.1) is 0 Å². The van der Waals surface area contributed by atoms with E-state index in [0.29, 0.717) is 4.47 Å². The van der Waals surface area contributed by atoms with Crippen molar-refractivity contribution >= 4 is 33.4 Å². The highest BCUT2D eigenvalue weighted by molar-refractivity contribution is 9.10. The van der Waals surface area contributed by atoms with E-state index < -0.39 is 25.0 Å². The van der Waals surface area contributed by atoms with Crippen LogP contribution in [0.3, 0.4) is 0 Å². The van der Waals surface area contributed by atoms with E-state index in [4.69, 9.17) is 11.6 Å². The van der Waals surface area contributed by atoms with E-state index in [0.717, 1.165) is 4.90 Å². The topological polar surface area (TPSA) is 20.3 Å². The maximum absolute atomic E-state index is 12.1. The quantitative estimate of drug-likeness (QED) is 0.807. The van der Waals surface area contributed by atoms with E-state index in [9.17, 15) is 18.0 Å². The molecule has 0 atom stereocenters. The van der Waals surface area contributed by atoms with Gasteiger partial charge in [-0.3, -0.25) is 4.79 Å². The molecule has 0 radical (unpaired) electrons. The lowest BCUT2D eigenvalue weighted by Crippen LogP contribution is -2.30. The lowest BCUT2D eigenvalue weighted by atomic mass is 10.2. The van der Waals surface area contributed by atoms with Gasteiger partial charge in [-0.2, -0.15) is 13.2 Å². The summed E-state index contributed by atoms with van der Waals surface area (Å²) in [6.07, 6.45) is -5.32. The number of carbonyl (C=O) groups is 1. The van der Waals surface area contributed by atoms with Crippen molar-refractivity contribution in [1.82, 2.24) is 4.90 Å². The number of amides is 1. The fraction of sp³-hybridized carbons (Fsp3) is 0.364. The maximum atomic E-state index is 12.1. The van der Waals surface area contributed by atoms with Crippen LogP contribution in [0.2, 0.25) is 5.02 Å². The second-order valence-electron chi connectivity index (χ2n) is 3.69. The number of carbonyl (C=O) groups excluding carboxylic acids is 1. The molecule has 0 aliphatic heterocycles.